The first kappa shape index (κ1) is 14.4. The van der Waals surface area contributed by atoms with Gasteiger partial charge in [0.1, 0.15) is 5.82 Å². The van der Waals surface area contributed by atoms with E-state index in [9.17, 15) is 4.39 Å². The molecule has 1 aromatic rings. The molecule has 0 aliphatic rings. The third-order valence-corrected chi connectivity index (χ3v) is 2.63. The molecule has 0 radical (unpaired) electrons. The molecule has 0 atom stereocenters. The van der Waals surface area contributed by atoms with E-state index in [2.05, 4.69) is 21.2 Å². The van der Waals surface area contributed by atoms with Crippen LogP contribution in [0.25, 0.3) is 0 Å². The molecule has 0 aliphatic heterocycles. The van der Waals surface area contributed by atoms with Gasteiger partial charge in [0.05, 0.1) is 18.9 Å². The molecule has 5 heteroatoms. The van der Waals surface area contributed by atoms with Crippen molar-refractivity contribution in [2.45, 2.75) is 6.42 Å². The fourth-order valence-electron chi connectivity index (χ4n) is 1.27. The summed E-state index contributed by atoms with van der Waals surface area (Å²) >= 11 is 3.30. The van der Waals surface area contributed by atoms with Gasteiger partial charge in [-0.1, -0.05) is 15.9 Å². The van der Waals surface area contributed by atoms with Crippen LogP contribution in [0.1, 0.15) is 6.42 Å². The maximum atomic E-state index is 13.3. The first-order valence-electron chi connectivity index (χ1n) is 5.49. The molecule has 0 saturated carbocycles. The van der Waals surface area contributed by atoms with Gasteiger partial charge < -0.3 is 14.8 Å². The van der Waals surface area contributed by atoms with Gasteiger partial charge in [-0.15, -0.1) is 0 Å². The van der Waals surface area contributed by atoms with Crippen LogP contribution in [0.15, 0.2) is 22.7 Å². The zero-order valence-corrected chi connectivity index (χ0v) is 11.4. The van der Waals surface area contributed by atoms with E-state index in [-0.39, 0.29) is 5.82 Å². The van der Waals surface area contributed by atoms with Crippen molar-refractivity contribution in [2.24, 2.45) is 0 Å². The number of nitrogens with one attached hydrogen (secondary N) is 1. The van der Waals surface area contributed by atoms with Gasteiger partial charge in [-0.05, 0) is 24.6 Å². The maximum absolute atomic E-state index is 13.3. The van der Waals surface area contributed by atoms with Crippen LogP contribution in [0.3, 0.4) is 0 Å². The van der Waals surface area contributed by atoms with Crippen LogP contribution in [0.2, 0.25) is 0 Å². The van der Waals surface area contributed by atoms with Gasteiger partial charge >= 0.3 is 0 Å². The summed E-state index contributed by atoms with van der Waals surface area (Å²) in [5.74, 6) is -0.242. The predicted molar refractivity (Wildman–Crippen MR) is 69.9 cm³/mol. The fourth-order valence-corrected chi connectivity index (χ4v) is 1.64. The van der Waals surface area contributed by atoms with Crippen LogP contribution in [0.5, 0.6) is 0 Å². The van der Waals surface area contributed by atoms with E-state index in [0.29, 0.717) is 32.1 Å². The van der Waals surface area contributed by atoms with E-state index in [4.69, 9.17) is 9.47 Å². The van der Waals surface area contributed by atoms with E-state index in [0.717, 1.165) is 10.9 Å². The number of rotatable bonds is 8. The molecule has 0 heterocycles. The van der Waals surface area contributed by atoms with Crippen LogP contribution < -0.4 is 5.32 Å². The monoisotopic (exact) mass is 305 g/mol. The third-order valence-electron chi connectivity index (χ3n) is 2.14. The van der Waals surface area contributed by atoms with Gasteiger partial charge in [-0.3, -0.25) is 0 Å². The van der Waals surface area contributed by atoms with Crippen molar-refractivity contribution >= 4 is 21.6 Å². The van der Waals surface area contributed by atoms with Crippen molar-refractivity contribution in [3.05, 3.63) is 28.5 Å². The largest absolute Gasteiger partial charge is 0.383 e. The first-order chi connectivity index (χ1) is 8.24. The highest BCUT2D eigenvalue weighted by molar-refractivity contribution is 9.10. The van der Waals surface area contributed by atoms with Crippen LogP contribution in [-0.4, -0.2) is 33.5 Å². The zero-order valence-electron chi connectivity index (χ0n) is 9.84. The summed E-state index contributed by atoms with van der Waals surface area (Å²) in [5.41, 5.74) is 0.510. The molecule has 3 nitrogen and oxygen atoms in total. The van der Waals surface area contributed by atoms with Crippen molar-refractivity contribution in [2.75, 3.05) is 38.8 Å². The highest BCUT2D eigenvalue weighted by Crippen LogP contribution is 2.19. The Morgan fingerprint density at radius 2 is 2.12 bits per heavy atom. The number of hydrogen-bond donors (Lipinski definition) is 1. The van der Waals surface area contributed by atoms with E-state index in [1.165, 1.54) is 6.07 Å². The van der Waals surface area contributed by atoms with Crippen molar-refractivity contribution in [1.29, 1.82) is 0 Å². The smallest absolute Gasteiger partial charge is 0.146 e. The molecule has 0 aromatic heterocycles. The van der Waals surface area contributed by atoms with Crippen LogP contribution in [0, 0.1) is 5.82 Å². The van der Waals surface area contributed by atoms with E-state index in [1.807, 2.05) is 0 Å². The molecule has 17 heavy (non-hydrogen) atoms. The van der Waals surface area contributed by atoms with E-state index < -0.39 is 0 Å². The van der Waals surface area contributed by atoms with Crippen LogP contribution in [-0.2, 0) is 9.47 Å². The second-order valence-electron chi connectivity index (χ2n) is 3.51. The topological polar surface area (TPSA) is 30.5 Å². The maximum Gasteiger partial charge on any atom is 0.146 e. The SMILES string of the molecule is COCCOCCCNc1cc(Br)ccc1F. The van der Waals surface area contributed by atoms with Crippen molar-refractivity contribution in [3.8, 4) is 0 Å². The Bertz CT molecular complexity index is 336. The Labute approximate surface area is 109 Å². The third kappa shape index (κ3) is 6.00. The van der Waals surface area contributed by atoms with Gasteiger partial charge in [0.25, 0.3) is 0 Å². The fraction of sp³-hybridized carbons (Fsp3) is 0.500. The first-order valence-corrected chi connectivity index (χ1v) is 6.29. The van der Waals surface area contributed by atoms with Crippen molar-refractivity contribution in [1.82, 2.24) is 0 Å². The van der Waals surface area contributed by atoms with Gasteiger partial charge in [-0.25, -0.2) is 4.39 Å². The summed E-state index contributed by atoms with van der Waals surface area (Å²) in [5, 5.41) is 3.03. The molecule has 1 rings (SSSR count). The summed E-state index contributed by atoms with van der Waals surface area (Å²) in [6.07, 6.45) is 0.829. The minimum absolute atomic E-state index is 0.242. The lowest BCUT2D eigenvalue weighted by Gasteiger charge is -2.08. The molecule has 96 valence electrons. The molecule has 0 unspecified atom stereocenters. The van der Waals surface area contributed by atoms with Gasteiger partial charge in [-0.2, -0.15) is 0 Å². The Morgan fingerprint density at radius 1 is 1.29 bits per heavy atom. The summed E-state index contributed by atoms with van der Waals surface area (Å²) in [6, 6.07) is 4.83. The molecule has 0 aliphatic carbocycles. The molecular weight excluding hydrogens is 289 g/mol. The lowest BCUT2D eigenvalue weighted by atomic mass is 10.3. The molecule has 0 fully saturated rings. The standard InChI is InChI=1S/C12H17BrFNO2/c1-16-7-8-17-6-2-5-15-12-9-10(13)3-4-11(12)14/h3-4,9,15H,2,5-8H2,1H3. The molecule has 0 bridgehead atoms. The Kier molecular flexibility index (Phi) is 7.16. The molecule has 0 saturated heterocycles. The minimum atomic E-state index is -0.242. The quantitative estimate of drug-likeness (QED) is 0.749. The Hall–Kier alpha value is -0.650. The lowest BCUT2D eigenvalue weighted by Crippen LogP contribution is -2.09. The van der Waals surface area contributed by atoms with Gasteiger partial charge in [0, 0.05) is 24.7 Å². The molecule has 1 aromatic carbocycles. The van der Waals surface area contributed by atoms with Crippen molar-refractivity contribution < 1.29 is 13.9 Å². The van der Waals surface area contributed by atoms with Gasteiger partial charge in [0.2, 0.25) is 0 Å². The minimum Gasteiger partial charge on any atom is -0.383 e. The summed E-state index contributed by atoms with van der Waals surface area (Å²) in [7, 11) is 1.64. The second-order valence-corrected chi connectivity index (χ2v) is 4.43. The summed E-state index contributed by atoms with van der Waals surface area (Å²) < 4.78 is 24.3. The molecule has 0 amide bonds. The number of hydrogen-bond acceptors (Lipinski definition) is 3. The predicted octanol–water partition coefficient (Wildman–Crippen LogP) is 3.05. The highest BCUT2D eigenvalue weighted by atomic mass is 79.9. The normalized spacial score (nSPS) is 10.5. The highest BCUT2D eigenvalue weighted by Gasteiger charge is 2.01. The average Bonchev–Trinajstić information content (AvgIpc) is 2.32. The molecule has 0 spiro atoms. The van der Waals surface area contributed by atoms with Crippen molar-refractivity contribution in [3.63, 3.8) is 0 Å². The molecular formula is C12H17BrFNO2. The summed E-state index contributed by atoms with van der Waals surface area (Å²) in [4.78, 5) is 0. The summed E-state index contributed by atoms with van der Waals surface area (Å²) in [6.45, 7) is 2.53. The van der Waals surface area contributed by atoms with E-state index in [1.54, 1.807) is 19.2 Å². The second kappa shape index (κ2) is 8.44. The number of methoxy groups -OCH3 is 1. The van der Waals surface area contributed by atoms with E-state index >= 15 is 0 Å². The lowest BCUT2D eigenvalue weighted by molar-refractivity contribution is 0.0705. The Balaban J connectivity index is 2.15. The number of halogens is 2. The zero-order chi connectivity index (χ0) is 12.5. The Morgan fingerprint density at radius 3 is 2.88 bits per heavy atom. The number of anilines is 1. The van der Waals surface area contributed by atoms with Gasteiger partial charge in [0.15, 0.2) is 0 Å². The average molecular weight is 306 g/mol. The number of ether oxygens (including phenoxy) is 2. The number of benzene rings is 1. The molecule has 1 N–H and O–H groups in total. The van der Waals surface area contributed by atoms with Crippen LogP contribution >= 0.6 is 15.9 Å². The van der Waals surface area contributed by atoms with Crippen LogP contribution in [0.4, 0.5) is 10.1 Å².